The Labute approximate surface area is 133 Å². The number of morpholine rings is 1. The smallest absolute Gasteiger partial charge is 0.0801 e. The fourth-order valence-corrected chi connectivity index (χ4v) is 2.83. The molecule has 2 rings (SSSR count). The van der Waals surface area contributed by atoms with Gasteiger partial charge < -0.3 is 15.0 Å². The Balaban J connectivity index is 2.09. The Hall–Kier alpha value is -0.770. The molecule has 1 aromatic carbocycles. The number of benzene rings is 1. The van der Waals surface area contributed by atoms with Crippen LogP contribution in [0.4, 0.5) is 5.69 Å². The molecule has 0 saturated carbocycles. The van der Waals surface area contributed by atoms with Crippen molar-refractivity contribution in [2.75, 3.05) is 24.6 Å². The first-order valence-corrected chi connectivity index (χ1v) is 7.96. The molecule has 0 spiro atoms. The first kappa shape index (κ1) is 16.6. The number of nitrogens with one attached hydrogen (secondary N) is 1. The SMILES string of the molecule is CC(C)(C)NCc1ccc(N2CCOC(C)(C)C2)c(Cl)c1. The van der Waals surface area contributed by atoms with Crippen molar-refractivity contribution in [1.29, 1.82) is 0 Å². The minimum atomic E-state index is -0.117. The quantitative estimate of drug-likeness (QED) is 0.918. The van der Waals surface area contributed by atoms with Crippen molar-refractivity contribution in [3.63, 3.8) is 0 Å². The number of nitrogens with zero attached hydrogens (tertiary/aromatic N) is 1. The number of anilines is 1. The van der Waals surface area contributed by atoms with Crippen molar-refractivity contribution >= 4 is 17.3 Å². The van der Waals surface area contributed by atoms with Crippen molar-refractivity contribution in [2.45, 2.75) is 52.3 Å². The van der Waals surface area contributed by atoms with E-state index in [4.69, 9.17) is 16.3 Å². The van der Waals surface area contributed by atoms with Gasteiger partial charge in [0.1, 0.15) is 0 Å². The highest BCUT2D eigenvalue weighted by Crippen LogP contribution is 2.30. The molecule has 0 aliphatic carbocycles. The second-order valence-corrected chi connectivity index (χ2v) is 7.83. The van der Waals surface area contributed by atoms with Crippen LogP contribution >= 0.6 is 11.6 Å². The van der Waals surface area contributed by atoms with Crippen LogP contribution < -0.4 is 10.2 Å². The molecule has 0 amide bonds. The maximum absolute atomic E-state index is 6.50. The molecular formula is C17H27ClN2O. The molecule has 118 valence electrons. The summed E-state index contributed by atoms with van der Waals surface area (Å²) in [5, 5.41) is 4.31. The minimum Gasteiger partial charge on any atom is -0.372 e. The van der Waals surface area contributed by atoms with Gasteiger partial charge in [-0.05, 0) is 52.3 Å². The third-order valence-corrected chi connectivity index (χ3v) is 3.90. The second-order valence-electron chi connectivity index (χ2n) is 7.42. The van der Waals surface area contributed by atoms with Gasteiger partial charge in [0.2, 0.25) is 0 Å². The van der Waals surface area contributed by atoms with Crippen molar-refractivity contribution in [2.24, 2.45) is 0 Å². The fourth-order valence-electron chi connectivity index (χ4n) is 2.51. The van der Waals surface area contributed by atoms with E-state index >= 15 is 0 Å². The number of rotatable bonds is 3. The number of hydrogen-bond acceptors (Lipinski definition) is 3. The monoisotopic (exact) mass is 310 g/mol. The van der Waals surface area contributed by atoms with Crippen LogP contribution in [-0.2, 0) is 11.3 Å². The summed E-state index contributed by atoms with van der Waals surface area (Å²) >= 11 is 6.50. The van der Waals surface area contributed by atoms with Gasteiger partial charge in [-0.25, -0.2) is 0 Å². The Morgan fingerprint density at radius 3 is 2.62 bits per heavy atom. The fraction of sp³-hybridized carbons (Fsp3) is 0.647. The van der Waals surface area contributed by atoms with Crippen molar-refractivity contribution < 1.29 is 4.74 Å². The molecule has 0 bridgehead atoms. The average molecular weight is 311 g/mol. The van der Waals surface area contributed by atoms with Gasteiger partial charge in [-0.15, -0.1) is 0 Å². The third kappa shape index (κ3) is 4.87. The molecular weight excluding hydrogens is 284 g/mol. The molecule has 1 aromatic rings. The maximum atomic E-state index is 6.50. The molecule has 1 aliphatic heterocycles. The van der Waals surface area contributed by atoms with Gasteiger partial charge in [0, 0.05) is 25.2 Å². The summed E-state index contributed by atoms with van der Waals surface area (Å²) in [4.78, 5) is 2.31. The van der Waals surface area contributed by atoms with Crippen molar-refractivity contribution in [3.8, 4) is 0 Å². The standard InChI is InChI=1S/C17H27ClN2O/c1-16(2,3)19-11-13-6-7-15(14(18)10-13)20-8-9-21-17(4,5)12-20/h6-7,10,19H,8-9,11-12H2,1-5H3. The van der Waals surface area contributed by atoms with Crippen LogP contribution in [0, 0.1) is 0 Å². The molecule has 1 aliphatic rings. The summed E-state index contributed by atoms with van der Waals surface area (Å²) in [6.07, 6.45) is 0. The highest BCUT2D eigenvalue weighted by atomic mass is 35.5. The zero-order valence-electron chi connectivity index (χ0n) is 13.8. The van der Waals surface area contributed by atoms with Crippen LogP contribution in [0.25, 0.3) is 0 Å². The molecule has 1 N–H and O–H groups in total. The molecule has 21 heavy (non-hydrogen) atoms. The highest BCUT2D eigenvalue weighted by molar-refractivity contribution is 6.33. The summed E-state index contributed by atoms with van der Waals surface area (Å²) in [5.74, 6) is 0. The van der Waals surface area contributed by atoms with E-state index in [-0.39, 0.29) is 11.1 Å². The zero-order chi connectivity index (χ0) is 15.7. The maximum Gasteiger partial charge on any atom is 0.0801 e. The predicted octanol–water partition coefficient (Wildman–Crippen LogP) is 3.84. The van der Waals surface area contributed by atoms with Gasteiger partial charge in [-0.2, -0.15) is 0 Å². The van der Waals surface area contributed by atoms with E-state index in [9.17, 15) is 0 Å². The lowest BCUT2D eigenvalue weighted by Crippen LogP contribution is -2.48. The highest BCUT2D eigenvalue weighted by Gasteiger charge is 2.28. The van der Waals surface area contributed by atoms with Crippen LogP contribution in [0.1, 0.15) is 40.2 Å². The van der Waals surface area contributed by atoms with Crippen LogP contribution in [0.5, 0.6) is 0 Å². The van der Waals surface area contributed by atoms with Crippen LogP contribution in [-0.4, -0.2) is 30.8 Å². The molecule has 0 unspecified atom stereocenters. The Morgan fingerprint density at radius 1 is 1.33 bits per heavy atom. The first-order valence-electron chi connectivity index (χ1n) is 7.59. The number of ether oxygens (including phenoxy) is 1. The molecule has 1 fully saturated rings. The van der Waals surface area contributed by atoms with Gasteiger partial charge in [0.05, 0.1) is 22.9 Å². The van der Waals surface area contributed by atoms with E-state index in [2.05, 4.69) is 63.0 Å². The van der Waals surface area contributed by atoms with Crippen LogP contribution in [0.15, 0.2) is 18.2 Å². The summed E-state index contributed by atoms with van der Waals surface area (Å²) in [7, 11) is 0. The molecule has 1 saturated heterocycles. The van der Waals surface area contributed by atoms with E-state index in [0.717, 1.165) is 37.0 Å². The van der Waals surface area contributed by atoms with E-state index in [1.165, 1.54) is 5.56 Å². The second kappa shape index (κ2) is 6.15. The Morgan fingerprint density at radius 2 is 2.05 bits per heavy atom. The molecule has 0 aromatic heterocycles. The topological polar surface area (TPSA) is 24.5 Å². The van der Waals surface area contributed by atoms with E-state index in [1.807, 2.05) is 0 Å². The van der Waals surface area contributed by atoms with E-state index < -0.39 is 0 Å². The third-order valence-electron chi connectivity index (χ3n) is 3.60. The summed E-state index contributed by atoms with van der Waals surface area (Å²) in [5.41, 5.74) is 2.31. The van der Waals surface area contributed by atoms with Gasteiger partial charge in [-0.3, -0.25) is 0 Å². The molecule has 1 heterocycles. The lowest BCUT2D eigenvalue weighted by Gasteiger charge is -2.39. The normalized spacial score (nSPS) is 18.9. The first-order chi connectivity index (χ1) is 9.66. The average Bonchev–Trinajstić information content (AvgIpc) is 2.34. The molecule has 0 atom stereocenters. The van der Waals surface area contributed by atoms with Gasteiger partial charge in [-0.1, -0.05) is 17.7 Å². The predicted molar refractivity (Wildman–Crippen MR) is 90.3 cm³/mol. The minimum absolute atomic E-state index is 0.110. The van der Waals surface area contributed by atoms with Crippen LogP contribution in [0.3, 0.4) is 0 Å². The molecule has 0 radical (unpaired) electrons. The van der Waals surface area contributed by atoms with Gasteiger partial charge in [0.25, 0.3) is 0 Å². The van der Waals surface area contributed by atoms with Crippen LogP contribution in [0.2, 0.25) is 5.02 Å². The van der Waals surface area contributed by atoms with Crippen molar-refractivity contribution in [3.05, 3.63) is 28.8 Å². The van der Waals surface area contributed by atoms with E-state index in [0.29, 0.717) is 0 Å². The largest absolute Gasteiger partial charge is 0.372 e. The summed E-state index contributed by atoms with van der Waals surface area (Å²) in [6, 6.07) is 6.35. The Kier molecular flexibility index (Phi) is 4.86. The lowest BCUT2D eigenvalue weighted by molar-refractivity contribution is -0.0276. The van der Waals surface area contributed by atoms with E-state index in [1.54, 1.807) is 0 Å². The number of halogens is 1. The summed E-state index contributed by atoms with van der Waals surface area (Å²) < 4.78 is 5.76. The Bertz CT molecular complexity index is 494. The number of hydrogen-bond donors (Lipinski definition) is 1. The summed E-state index contributed by atoms with van der Waals surface area (Å²) in [6.45, 7) is 14.1. The zero-order valence-corrected chi connectivity index (χ0v) is 14.5. The van der Waals surface area contributed by atoms with Gasteiger partial charge >= 0.3 is 0 Å². The van der Waals surface area contributed by atoms with Gasteiger partial charge in [0.15, 0.2) is 0 Å². The molecule has 4 heteroatoms. The molecule has 3 nitrogen and oxygen atoms in total. The lowest BCUT2D eigenvalue weighted by atomic mass is 10.1. The van der Waals surface area contributed by atoms with Crippen molar-refractivity contribution in [1.82, 2.24) is 5.32 Å².